The fraction of sp³-hybridized carbons (Fsp3) is 0.533. The van der Waals surface area contributed by atoms with Crippen molar-refractivity contribution in [2.75, 3.05) is 0 Å². The maximum Gasteiger partial charge on any atom is 0.338 e. The maximum absolute atomic E-state index is 13.3. The predicted octanol–water partition coefficient (Wildman–Crippen LogP) is 5.79. The third-order valence-electron chi connectivity index (χ3n) is 8.40. The number of carbonyl (C=O) groups excluding carboxylic acids is 2. The van der Waals surface area contributed by atoms with Gasteiger partial charge in [-0.25, -0.2) is 9.59 Å². The first kappa shape index (κ1) is 24.1. The van der Waals surface area contributed by atoms with Crippen LogP contribution in [0.4, 0.5) is 0 Å². The Kier molecular flexibility index (Phi) is 6.71. The molecular weight excluding hydrogens is 440 g/mol. The van der Waals surface area contributed by atoms with Gasteiger partial charge in [0.05, 0.1) is 23.3 Å². The molecule has 5 heteroatoms. The molecule has 2 heterocycles. The second kappa shape index (κ2) is 9.77. The van der Waals surface area contributed by atoms with E-state index >= 15 is 0 Å². The summed E-state index contributed by atoms with van der Waals surface area (Å²) in [6, 6.07) is 18.2. The lowest BCUT2D eigenvalue weighted by molar-refractivity contribution is -0.157. The molecule has 2 aromatic carbocycles. The van der Waals surface area contributed by atoms with Crippen LogP contribution < -0.4 is 0 Å². The van der Waals surface area contributed by atoms with E-state index < -0.39 is 12.2 Å². The van der Waals surface area contributed by atoms with E-state index in [0.717, 1.165) is 12.8 Å². The molecule has 186 valence electrons. The first-order valence-electron chi connectivity index (χ1n) is 13.0. The Balaban J connectivity index is 1.55. The summed E-state index contributed by atoms with van der Waals surface area (Å²) in [5.41, 5.74) is 1.02. The van der Waals surface area contributed by atoms with E-state index in [1.807, 2.05) is 36.4 Å². The number of fused-ring (bicyclic) bond motifs is 5. The third-order valence-corrected chi connectivity index (χ3v) is 8.40. The Morgan fingerprint density at radius 2 is 1.06 bits per heavy atom. The molecule has 8 atom stereocenters. The molecule has 0 spiro atoms. The first-order valence-corrected chi connectivity index (χ1v) is 13.0. The summed E-state index contributed by atoms with van der Waals surface area (Å²) in [4.78, 5) is 26.6. The van der Waals surface area contributed by atoms with Crippen molar-refractivity contribution in [2.45, 2.75) is 65.0 Å². The van der Waals surface area contributed by atoms with Crippen LogP contribution in [0.25, 0.3) is 0 Å². The molecule has 2 aliphatic heterocycles. The molecule has 0 N–H and O–H groups in total. The summed E-state index contributed by atoms with van der Waals surface area (Å²) in [6.45, 7) is 8.73. The van der Waals surface area contributed by atoms with Crippen LogP contribution in [0.3, 0.4) is 0 Å². The van der Waals surface area contributed by atoms with Crippen LogP contribution in [0.15, 0.2) is 60.7 Å². The minimum Gasteiger partial charge on any atom is -0.454 e. The van der Waals surface area contributed by atoms with Gasteiger partial charge in [-0.15, -0.1) is 0 Å². The SMILES string of the molecule is CC(C)C1C(OC(=O)c2ccccc2)C(OC(=O)c2ccccc2)C(C(C)C)C2C3CCC(O3)C12. The van der Waals surface area contributed by atoms with E-state index in [9.17, 15) is 9.59 Å². The third kappa shape index (κ3) is 4.40. The monoisotopic (exact) mass is 476 g/mol. The van der Waals surface area contributed by atoms with Gasteiger partial charge in [0.2, 0.25) is 0 Å². The molecule has 1 saturated carbocycles. The molecular formula is C30H36O5. The standard InChI is InChI=1S/C30H36O5/c1-17(2)23-25-21-15-16-22(33-21)26(25)24(18(3)4)28(35-30(32)20-13-9-6-10-14-20)27(23)34-29(31)19-11-7-5-8-12-19/h5-14,17-18,21-28H,15-16H2,1-4H3. The van der Waals surface area contributed by atoms with Crippen LogP contribution in [0.5, 0.6) is 0 Å². The molecule has 2 saturated heterocycles. The highest BCUT2D eigenvalue weighted by Crippen LogP contribution is 2.58. The number of ether oxygens (including phenoxy) is 3. The molecule has 8 unspecified atom stereocenters. The van der Waals surface area contributed by atoms with Crippen molar-refractivity contribution in [3.05, 3.63) is 71.8 Å². The molecule has 5 nitrogen and oxygen atoms in total. The quantitative estimate of drug-likeness (QED) is 0.494. The largest absolute Gasteiger partial charge is 0.454 e. The van der Waals surface area contributed by atoms with Crippen LogP contribution in [-0.4, -0.2) is 36.4 Å². The van der Waals surface area contributed by atoms with E-state index in [2.05, 4.69) is 27.7 Å². The minimum absolute atomic E-state index is 0.0477. The summed E-state index contributed by atoms with van der Waals surface area (Å²) in [7, 11) is 0. The summed E-state index contributed by atoms with van der Waals surface area (Å²) in [6.07, 6.45) is 1.39. The lowest BCUT2D eigenvalue weighted by Crippen LogP contribution is -2.60. The zero-order chi connectivity index (χ0) is 24.7. The Morgan fingerprint density at radius 3 is 1.40 bits per heavy atom. The molecule has 0 amide bonds. The van der Waals surface area contributed by atoms with Crippen LogP contribution in [0, 0.1) is 35.5 Å². The van der Waals surface area contributed by atoms with Crippen LogP contribution in [0.2, 0.25) is 0 Å². The van der Waals surface area contributed by atoms with Crippen molar-refractivity contribution in [3.8, 4) is 0 Å². The van der Waals surface area contributed by atoms with Crippen LogP contribution >= 0.6 is 0 Å². The van der Waals surface area contributed by atoms with Crippen LogP contribution in [0.1, 0.15) is 61.3 Å². The fourth-order valence-corrected chi connectivity index (χ4v) is 7.11. The summed E-state index contributed by atoms with van der Waals surface area (Å²) < 4.78 is 19.1. The first-order chi connectivity index (χ1) is 16.9. The average Bonchev–Trinajstić information content (AvgIpc) is 3.47. The number of benzene rings is 2. The Morgan fingerprint density at radius 1 is 0.686 bits per heavy atom. The van der Waals surface area contributed by atoms with Gasteiger partial charge in [0, 0.05) is 11.8 Å². The van der Waals surface area contributed by atoms with Crippen LogP contribution in [-0.2, 0) is 14.2 Å². The molecule has 3 aliphatic rings. The summed E-state index contributed by atoms with van der Waals surface area (Å²) in [5, 5.41) is 0. The van der Waals surface area contributed by atoms with E-state index in [4.69, 9.17) is 14.2 Å². The molecule has 2 aromatic rings. The number of rotatable bonds is 6. The highest BCUT2D eigenvalue weighted by atomic mass is 16.6. The average molecular weight is 477 g/mol. The molecule has 5 rings (SSSR count). The second-order valence-corrected chi connectivity index (χ2v) is 11.1. The predicted molar refractivity (Wildman–Crippen MR) is 133 cm³/mol. The summed E-state index contributed by atoms with van der Waals surface area (Å²) in [5.74, 6) is 0.426. The molecule has 35 heavy (non-hydrogen) atoms. The zero-order valence-electron chi connectivity index (χ0n) is 21.0. The number of carbonyl (C=O) groups is 2. The van der Waals surface area contributed by atoms with Crippen molar-refractivity contribution in [2.24, 2.45) is 35.5 Å². The van der Waals surface area contributed by atoms with Gasteiger partial charge in [0.1, 0.15) is 12.2 Å². The van der Waals surface area contributed by atoms with E-state index in [1.54, 1.807) is 24.3 Å². The van der Waals surface area contributed by atoms with Crippen molar-refractivity contribution >= 4 is 11.9 Å². The highest BCUT2D eigenvalue weighted by molar-refractivity contribution is 5.90. The lowest BCUT2D eigenvalue weighted by Gasteiger charge is -2.53. The normalized spacial score (nSPS) is 33.5. The van der Waals surface area contributed by atoms with Crippen molar-refractivity contribution in [1.29, 1.82) is 0 Å². The molecule has 0 aromatic heterocycles. The van der Waals surface area contributed by atoms with E-state index in [1.165, 1.54) is 0 Å². The van der Waals surface area contributed by atoms with Crippen molar-refractivity contribution in [1.82, 2.24) is 0 Å². The molecule has 2 bridgehead atoms. The number of esters is 2. The molecule has 3 fully saturated rings. The van der Waals surface area contributed by atoms with Gasteiger partial charge in [-0.05, 0) is 60.8 Å². The zero-order valence-corrected chi connectivity index (χ0v) is 21.0. The topological polar surface area (TPSA) is 61.8 Å². The number of hydrogen-bond donors (Lipinski definition) is 0. The van der Waals surface area contributed by atoms with Crippen molar-refractivity contribution < 1.29 is 23.8 Å². The van der Waals surface area contributed by atoms with Gasteiger partial charge in [-0.3, -0.25) is 0 Å². The van der Waals surface area contributed by atoms with Gasteiger partial charge in [-0.2, -0.15) is 0 Å². The molecule has 1 aliphatic carbocycles. The van der Waals surface area contributed by atoms with Gasteiger partial charge >= 0.3 is 11.9 Å². The minimum atomic E-state index is -0.535. The van der Waals surface area contributed by atoms with E-state index in [0.29, 0.717) is 23.0 Å². The Bertz CT molecular complexity index is 950. The highest BCUT2D eigenvalue weighted by Gasteiger charge is 2.64. The Labute approximate surface area is 208 Å². The maximum atomic E-state index is 13.3. The fourth-order valence-electron chi connectivity index (χ4n) is 7.11. The smallest absolute Gasteiger partial charge is 0.338 e. The van der Waals surface area contributed by atoms with E-state index in [-0.39, 0.29) is 47.8 Å². The summed E-state index contributed by atoms with van der Waals surface area (Å²) >= 11 is 0. The van der Waals surface area contributed by atoms with Gasteiger partial charge in [-0.1, -0.05) is 64.1 Å². The van der Waals surface area contributed by atoms with Gasteiger partial charge < -0.3 is 14.2 Å². The second-order valence-electron chi connectivity index (χ2n) is 11.1. The van der Waals surface area contributed by atoms with Crippen molar-refractivity contribution in [3.63, 3.8) is 0 Å². The molecule has 0 radical (unpaired) electrons. The van der Waals surface area contributed by atoms with Gasteiger partial charge in [0.15, 0.2) is 0 Å². The Hall–Kier alpha value is -2.66. The van der Waals surface area contributed by atoms with Gasteiger partial charge in [0.25, 0.3) is 0 Å². The lowest BCUT2D eigenvalue weighted by atomic mass is 9.54. The number of hydrogen-bond acceptors (Lipinski definition) is 5.